The summed E-state index contributed by atoms with van der Waals surface area (Å²) in [6.45, 7) is 2.35. The Morgan fingerprint density at radius 1 is 0.550 bits per heavy atom. The van der Waals surface area contributed by atoms with E-state index in [4.69, 9.17) is 0 Å². The molecule has 1 atom stereocenters. The highest BCUT2D eigenvalue weighted by atomic mass is 15.0. The Morgan fingerprint density at radius 2 is 1.10 bits per heavy atom. The van der Waals surface area contributed by atoms with Gasteiger partial charge in [0.25, 0.3) is 0 Å². The number of nitrogens with zero attached hydrogens (tertiary/aromatic N) is 1. The summed E-state index contributed by atoms with van der Waals surface area (Å²) in [7, 11) is 0. The van der Waals surface area contributed by atoms with E-state index in [2.05, 4.69) is 151 Å². The molecular weight excluding hydrogens is 482 g/mol. The van der Waals surface area contributed by atoms with Crippen LogP contribution in [-0.4, -0.2) is 4.57 Å². The van der Waals surface area contributed by atoms with Gasteiger partial charge in [-0.15, -0.1) is 0 Å². The molecule has 190 valence electrons. The van der Waals surface area contributed by atoms with Gasteiger partial charge < -0.3 is 4.57 Å². The highest BCUT2D eigenvalue weighted by molar-refractivity contribution is 6.21. The van der Waals surface area contributed by atoms with Crippen molar-refractivity contribution < 1.29 is 0 Å². The number of benzene rings is 6. The number of rotatable bonds is 3. The van der Waals surface area contributed by atoms with Gasteiger partial charge in [0.15, 0.2) is 0 Å². The molecule has 1 aliphatic carbocycles. The van der Waals surface area contributed by atoms with Crippen molar-refractivity contribution in [2.75, 3.05) is 0 Å². The van der Waals surface area contributed by atoms with E-state index in [-0.39, 0.29) is 0 Å². The Bertz CT molecular complexity index is 2020. The molecule has 1 nitrogen and oxygen atoms in total. The standard InChI is InChI=1S/C39H29N/c1-26-13-12-22-34-35-25-28(23-24-36(35)40(39(26)34)29-16-6-3-7-17-29)38-32-20-10-8-18-30(32)37(27-14-4-2-5-15-27)31-19-9-11-21-33(31)38/h2-12,14-26H,13H2,1H3. The fraction of sp³-hybridized carbons (Fsp3) is 0.0769. The molecule has 0 amide bonds. The summed E-state index contributed by atoms with van der Waals surface area (Å²) in [5, 5.41) is 6.48. The molecule has 0 fully saturated rings. The molecular formula is C39H29N. The molecule has 0 N–H and O–H groups in total. The first-order valence-corrected chi connectivity index (χ1v) is 14.2. The van der Waals surface area contributed by atoms with Crippen molar-refractivity contribution in [3.63, 3.8) is 0 Å². The summed E-state index contributed by atoms with van der Waals surface area (Å²) in [5.74, 6) is 0.461. The van der Waals surface area contributed by atoms with Gasteiger partial charge in [0.1, 0.15) is 0 Å². The zero-order valence-corrected chi connectivity index (χ0v) is 22.5. The summed E-state index contributed by atoms with van der Waals surface area (Å²) in [6.07, 6.45) is 5.75. The number of aromatic nitrogens is 1. The van der Waals surface area contributed by atoms with E-state index in [9.17, 15) is 0 Å². The Labute approximate surface area is 234 Å². The molecule has 0 spiro atoms. The summed E-state index contributed by atoms with van der Waals surface area (Å²) < 4.78 is 2.48. The molecule has 6 aromatic carbocycles. The third-order valence-corrected chi connectivity index (χ3v) is 8.58. The van der Waals surface area contributed by atoms with Crippen molar-refractivity contribution in [2.24, 2.45) is 0 Å². The molecule has 7 aromatic rings. The van der Waals surface area contributed by atoms with Gasteiger partial charge >= 0.3 is 0 Å². The lowest BCUT2D eigenvalue weighted by molar-refractivity contribution is 0.723. The van der Waals surface area contributed by atoms with Crippen LogP contribution in [0.25, 0.3) is 66.5 Å². The smallest absolute Gasteiger partial charge is 0.0538 e. The van der Waals surface area contributed by atoms with Gasteiger partial charge in [-0.25, -0.2) is 0 Å². The largest absolute Gasteiger partial charge is 0.313 e. The fourth-order valence-corrected chi connectivity index (χ4v) is 6.86. The molecule has 0 radical (unpaired) electrons. The van der Waals surface area contributed by atoms with Crippen molar-refractivity contribution in [3.8, 4) is 27.9 Å². The van der Waals surface area contributed by atoms with Gasteiger partial charge in [-0.1, -0.05) is 122 Å². The van der Waals surface area contributed by atoms with Crippen LogP contribution in [0, 0.1) is 0 Å². The molecule has 0 bridgehead atoms. The first-order valence-electron chi connectivity index (χ1n) is 14.2. The van der Waals surface area contributed by atoms with E-state index in [1.54, 1.807) is 0 Å². The summed E-state index contributed by atoms with van der Waals surface area (Å²) in [5.41, 5.74) is 10.4. The normalized spacial score (nSPS) is 14.7. The van der Waals surface area contributed by atoms with Gasteiger partial charge in [-0.3, -0.25) is 0 Å². The van der Waals surface area contributed by atoms with Gasteiger partial charge in [0, 0.05) is 28.2 Å². The molecule has 8 rings (SSSR count). The second-order valence-corrected chi connectivity index (χ2v) is 10.9. The van der Waals surface area contributed by atoms with Gasteiger partial charge in [0.2, 0.25) is 0 Å². The summed E-state index contributed by atoms with van der Waals surface area (Å²) >= 11 is 0. The maximum absolute atomic E-state index is 2.48. The lowest BCUT2D eigenvalue weighted by atomic mass is 9.85. The molecule has 0 saturated carbocycles. The van der Waals surface area contributed by atoms with Gasteiger partial charge in [-0.05, 0) is 74.5 Å². The Hall–Kier alpha value is -4.88. The minimum absolute atomic E-state index is 0.461. The minimum Gasteiger partial charge on any atom is -0.313 e. The average Bonchev–Trinajstić information content (AvgIpc) is 3.35. The minimum atomic E-state index is 0.461. The second-order valence-electron chi connectivity index (χ2n) is 10.9. The second kappa shape index (κ2) is 9.10. The third kappa shape index (κ3) is 3.41. The molecule has 0 saturated heterocycles. The van der Waals surface area contributed by atoms with E-state index in [1.807, 2.05) is 0 Å². The van der Waals surface area contributed by atoms with Crippen LogP contribution >= 0.6 is 0 Å². The summed E-state index contributed by atoms with van der Waals surface area (Å²) in [6, 6.07) is 46.6. The highest BCUT2D eigenvalue weighted by Gasteiger charge is 2.24. The van der Waals surface area contributed by atoms with Crippen LogP contribution in [0.5, 0.6) is 0 Å². The lowest BCUT2D eigenvalue weighted by Gasteiger charge is -2.19. The van der Waals surface area contributed by atoms with Crippen molar-refractivity contribution in [1.82, 2.24) is 4.57 Å². The van der Waals surface area contributed by atoms with E-state index in [0.29, 0.717) is 5.92 Å². The van der Waals surface area contributed by atoms with Crippen LogP contribution in [0.2, 0.25) is 0 Å². The quantitative estimate of drug-likeness (QED) is 0.208. The van der Waals surface area contributed by atoms with Crippen LogP contribution < -0.4 is 0 Å². The molecule has 1 aliphatic rings. The van der Waals surface area contributed by atoms with E-state index < -0.39 is 0 Å². The number of fused-ring (bicyclic) bond motifs is 5. The maximum Gasteiger partial charge on any atom is 0.0538 e. The van der Waals surface area contributed by atoms with E-state index >= 15 is 0 Å². The van der Waals surface area contributed by atoms with Gasteiger partial charge in [-0.2, -0.15) is 0 Å². The number of hydrogen-bond donors (Lipinski definition) is 0. The van der Waals surface area contributed by atoms with Crippen molar-refractivity contribution in [1.29, 1.82) is 0 Å². The first-order chi connectivity index (χ1) is 19.8. The summed E-state index contributed by atoms with van der Waals surface area (Å²) in [4.78, 5) is 0. The van der Waals surface area contributed by atoms with Crippen molar-refractivity contribution in [2.45, 2.75) is 19.3 Å². The molecule has 1 aromatic heterocycles. The topological polar surface area (TPSA) is 4.93 Å². The van der Waals surface area contributed by atoms with Crippen molar-refractivity contribution >= 4 is 38.5 Å². The monoisotopic (exact) mass is 511 g/mol. The first kappa shape index (κ1) is 23.0. The van der Waals surface area contributed by atoms with E-state index in [1.165, 1.54) is 71.6 Å². The fourth-order valence-electron chi connectivity index (χ4n) is 6.86. The zero-order chi connectivity index (χ0) is 26.6. The van der Waals surface area contributed by atoms with Crippen LogP contribution in [-0.2, 0) is 0 Å². The van der Waals surface area contributed by atoms with Crippen molar-refractivity contribution in [3.05, 3.63) is 145 Å². The predicted molar refractivity (Wildman–Crippen MR) is 171 cm³/mol. The van der Waals surface area contributed by atoms with Gasteiger partial charge in [0.05, 0.1) is 5.52 Å². The Morgan fingerprint density at radius 3 is 1.73 bits per heavy atom. The number of para-hydroxylation sites is 1. The van der Waals surface area contributed by atoms with Crippen LogP contribution in [0.4, 0.5) is 0 Å². The number of hydrogen-bond acceptors (Lipinski definition) is 0. The Kier molecular flexibility index (Phi) is 5.24. The molecule has 0 aliphatic heterocycles. The van der Waals surface area contributed by atoms with Crippen LogP contribution in [0.15, 0.2) is 133 Å². The van der Waals surface area contributed by atoms with Crippen LogP contribution in [0.3, 0.4) is 0 Å². The third-order valence-electron chi connectivity index (χ3n) is 8.58. The highest BCUT2D eigenvalue weighted by Crippen LogP contribution is 2.46. The maximum atomic E-state index is 2.48. The predicted octanol–water partition coefficient (Wildman–Crippen LogP) is 10.8. The average molecular weight is 512 g/mol. The molecule has 1 heteroatoms. The van der Waals surface area contributed by atoms with Crippen LogP contribution in [0.1, 0.15) is 30.5 Å². The molecule has 1 heterocycles. The zero-order valence-electron chi connectivity index (χ0n) is 22.5. The lowest BCUT2D eigenvalue weighted by Crippen LogP contribution is -2.06. The SMILES string of the molecule is CC1CC=Cc2c1n(-c1ccccc1)c1ccc(-c3c4ccccc4c(-c4ccccc4)c4ccccc34)cc21. The van der Waals surface area contributed by atoms with E-state index in [0.717, 1.165) is 6.42 Å². The number of allylic oxidation sites excluding steroid dienone is 1. The molecule has 40 heavy (non-hydrogen) atoms. The Balaban J connectivity index is 1.47. The molecule has 1 unspecified atom stereocenters.